The Morgan fingerprint density at radius 2 is 1.82 bits per heavy atom. The summed E-state index contributed by atoms with van der Waals surface area (Å²) in [6, 6.07) is 20.4. The van der Waals surface area contributed by atoms with Crippen molar-refractivity contribution in [3.63, 3.8) is 0 Å². The van der Waals surface area contributed by atoms with Crippen LogP contribution in [0, 0.1) is 0 Å². The Hall–Kier alpha value is -3.20. The summed E-state index contributed by atoms with van der Waals surface area (Å²) in [6.45, 7) is 3.00. The molecule has 0 radical (unpaired) electrons. The predicted molar refractivity (Wildman–Crippen MR) is 138 cm³/mol. The van der Waals surface area contributed by atoms with Crippen molar-refractivity contribution < 1.29 is 13.5 Å². The van der Waals surface area contributed by atoms with Crippen molar-refractivity contribution >= 4 is 32.3 Å². The minimum absolute atomic E-state index is 0.185. The fraction of sp³-hybridized carbons (Fsp3) is 0.269. The Labute approximate surface area is 200 Å². The van der Waals surface area contributed by atoms with Gasteiger partial charge in [0.05, 0.1) is 11.4 Å². The number of sulfonamides is 1. The van der Waals surface area contributed by atoms with Gasteiger partial charge in [-0.15, -0.1) is 0 Å². The van der Waals surface area contributed by atoms with E-state index in [1.54, 1.807) is 36.4 Å². The highest BCUT2D eigenvalue weighted by atomic mass is 32.2. The van der Waals surface area contributed by atoms with Crippen LogP contribution in [0.4, 0.5) is 5.69 Å². The Bertz CT molecular complexity index is 1320. The highest BCUT2D eigenvalue weighted by molar-refractivity contribution is 7.92. The van der Waals surface area contributed by atoms with E-state index in [0.717, 1.165) is 22.8 Å². The fourth-order valence-electron chi connectivity index (χ4n) is 3.95. The molecule has 0 fully saturated rings. The molecule has 3 aromatic carbocycles. The Kier molecular flexibility index (Phi) is 7.02. The van der Waals surface area contributed by atoms with Gasteiger partial charge >= 0.3 is 0 Å². The summed E-state index contributed by atoms with van der Waals surface area (Å²) in [5.41, 5.74) is 6.26. The zero-order valence-electron chi connectivity index (χ0n) is 19.1. The number of nitrogens with two attached hydrogens (primary N) is 1. The molecule has 1 aliphatic rings. The van der Waals surface area contributed by atoms with Crippen molar-refractivity contribution in [2.45, 2.75) is 36.3 Å². The Balaban J connectivity index is 1.30. The normalized spacial score (nSPS) is 19.1. The minimum Gasteiger partial charge on any atom is -0.384 e. The van der Waals surface area contributed by atoms with Crippen LogP contribution >= 0.6 is 0 Å². The number of aliphatic hydroxyl groups is 1. The zero-order chi connectivity index (χ0) is 24.2. The second kappa shape index (κ2) is 9.97. The van der Waals surface area contributed by atoms with Crippen LogP contribution in [0.3, 0.4) is 0 Å². The number of benzene rings is 3. The maximum atomic E-state index is 12.8. The van der Waals surface area contributed by atoms with E-state index in [2.05, 4.69) is 22.0 Å². The molecule has 0 spiro atoms. The lowest BCUT2D eigenvalue weighted by Gasteiger charge is -2.26. The second-order valence-electron chi connectivity index (χ2n) is 8.80. The molecular formula is C26H30N4O3S. The van der Waals surface area contributed by atoms with Crippen LogP contribution in [0.2, 0.25) is 0 Å². The second-order valence-corrected chi connectivity index (χ2v) is 10.5. The standard InChI is InChI=1S/C26H30N4O3S/c1-19(28-15-14-26(31)13-12-25(27)29-18-26)16-20-6-9-23(10-7-20)30-34(32,33)24-11-8-21-4-2-3-5-22(21)17-24/h2-13,17,19,28,30-31H,14-16,18H2,1H3,(H2,27,29). The molecule has 3 aromatic rings. The van der Waals surface area contributed by atoms with Crippen LogP contribution in [-0.4, -0.2) is 44.1 Å². The van der Waals surface area contributed by atoms with E-state index < -0.39 is 15.6 Å². The summed E-state index contributed by atoms with van der Waals surface area (Å²) in [5, 5.41) is 15.8. The number of hydrogen-bond acceptors (Lipinski definition) is 6. The zero-order valence-corrected chi connectivity index (χ0v) is 19.9. The molecule has 0 amide bonds. The van der Waals surface area contributed by atoms with E-state index in [1.165, 1.54) is 0 Å². The van der Waals surface area contributed by atoms with Crippen LogP contribution < -0.4 is 15.8 Å². The van der Waals surface area contributed by atoms with Crippen LogP contribution in [0.25, 0.3) is 10.8 Å². The fourth-order valence-corrected chi connectivity index (χ4v) is 5.05. The van der Waals surface area contributed by atoms with E-state index in [4.69, 9.17) is 5.73 Å². The summed E-state index contributed by atoms with van der Waals surface area (Å²) in [5.74, 6) is 0.439. The summed E-state index contributed by atoms with van der Waals surface area (Å²) in [4.78, 5) is 4.33. The van der Waals surface area contributed by atoms with Gasteiger partial charge in [0.25, 0.3) is 10.0 Å². The number of anilines is 1. The number of dihydropyridines is 1. The summed E-state index contributed by atoms with van der Waals surface area (Å²) in [6.07, 6.45) is 4.67. The highest BCUT2D eigenvalue weighted by Gasteiger charge is 2.25. The SMILES string of the molecule is CC(Cc1ccc(NS(=O)(=O)c2ccc3ccccc3c2)cc1)NCCC1(O)C=CC(N)=NC1. The largest absolute Gasteiger partial charge is 0.384 e. The number of nitrogens with one attached hydrogen (secondary N) is 2. The number of fused-ring (bicyclic) bond motifs is 1. The monoisotopic (exact) mass is 478 g/mol. The van der Waals surface area contributed by atoms with Gasteiger partial charge in [0, 0.05) is 11.7 Å². The first-order valence-electron chi connectivity index (χ1n) is 11.3. The van der Waals surface area contributed by atoms with Gasteiger partial charge in [-0.25, -0.2) is 8.42 Å². The van der Waals surface area contributed by atoms with Crippen molar-refractivity contribution in [3.05, 3.63) is 84.4 Å². The summed E-state index contributed by atoms with van der Waals surface area (Å²) in [7, 11) is -3.68. The number of rotatable bonds is 9. The first-order valence-corrected chi connectivity index (χ1v) is 12.8. The van der Waals surface area contributed by atoms with E-state index in [0.29, 0.717) is 24.5 Å². The summed E-state index contributed by atoms with van der Waals surface area (Å²) < 4.78 is 28.3. The topological polar surface area (TPSA) is 117 Å². The molecule has 0 aromatic heterocycles. The Morgan fingerprint density at radius 1 is 1.09 bits per heavy atom. The van der Waals surface area contributed by atoms with Crippen LogP contribution in [0.1, 0.15) is 18.9 Å². The molecule has 2 unspecified atom stereocenters. The third kappa shape index (κ3) is 6.02. The van der Waals surface area contributed by atoms with Crippen LogP contribution in [-0.2, 0) is 16.4 Å². The molecule has 1 aliphatic heterocycles. The smallest absolute Gasteiger partial charge is 0.261 e. The van der Waals surface area contributed by atoms with Gasteiger partial charge in [0.1, 0.15) is 11.4 Å². The highest BCUT2D eigenvalue weighted by Crippen LogP contribution is 2.22. The lowest BCUT2D eigenvalue weighted by molar-refractivity contribution is 0.0891. The van der Waals surface area contributed by atoms with E-state index in [-0.39, 0.29) is 17.5 Å². The maximum absolute atomic E-state index is 12.8. The number of hydrogen-bond donors (Lipinski definition) is 4. The first-order chi connectivity index (χ1) is 16.2. The van der Waals surface area contributed by atoms with Gasteiger partial charge in [0.2, 0.25) is 0 Å². The van der Waals surface area contributed by atoms with Crippen molar-refractivity contribution in [2.75, 3.05) is 17.8 Å². The average molecular weight is 479 g/mol. The van der Waals surface area contributed by atoms with Gasteiger partial charge in [-0.2, -0.15) is 0 Å². The molecule has 1 heterocycles. The van der Waals surface area contributed by atoms with Gasteiger partial charge in [-0.1, -0.05) is 42.5 Å². The number of nitrogens with zero attached hydrogens (tertiary/aromatic N) is 1. The lowest BCUT2D eigenvalue weighted by Crippen LogP contribution is -2.39. The van der Waals surface area contributed by atoms with Crippen molar-refractivity contribution in [1.82, 2.24) is 5.32 Å². The van der Waals surface area contributed by atoms with E-state index >= 15 is 0 Å². The molecular weight excluding hydrogens is 448 g/mol. The number of amidine groups is 1. The molecule has 7 nitrogen and oxygen atoms in total. The van der Waals surface area contributed by atoms with Gasteiger partial charge < -0.3 is 16.2 Å². The summed E-state index contributed by atoms with van der Waals surface area (Å²) >= 11 is 0. The third-order valence-electron chi connectivity index (χ3n) is 5.93. The average Bonchev–Trinajstić information content (AvgIpc) is 2.82. The van der Waals surface area contributed by atoms with Crippen LogP contribution in [0.5, 0.6) is 0 Å². The van der Waals surface area contributed by atoms with E-state index in [1.807, 2.05) is 42.5 Å². The maximum Gasteiger partial charge on any atom is 0.261 e. The predicted octanol–water partition coefficient (Wildman–Crippen LogP) is 3.21. The van der Waals surface area contributed by atoms with E-state index in [9.17, 15) is 13.5 Å². The molecule has 0 aliphatic carbocycles. The molecule has 0 saturated carbocycles. The Morgan fingerprint density at radius 3 is 2.53 bits per heavy atom. The van der Waals surface area contributed by atoms with Gasteiger partial charge in [-0.3, -0.25) is 9.71 Å². The molecule has 4 rings (SSSR count). The number of aliphatic imine (C=N–C) groups is 1. The quantitative estimate of drug-likeness (QED) is 0.377. The van der Waals surface area contributed by atoms with Crippen molar-refractivity contribution in [3.8, 4) is 0 Å². The third-order valence-corrected chi connectivity index (χ3v) is 7.31. The lowest BCUT2D eigenvalue weighted by atomic mass is 9.97. The van der Waals surface area contributed by atoms with Gasteiger partial charge in [-0.05, 0) is 79.1 Å². The van der Waals surface area contributed by atoms with Crippen LogP contribution in [0.15, 0.2) is 88.8 Å². The molecule has 5 N–H and O–H groups in total. The molecule has 178 valence electrons. The molecule has 0 saturated heterocycles. The molecule has 8 heteroatoms. The molecule has 0 bridgehead atoms. The molecule has 2 atom stereocenters. The van der Waals surface area contributed by atoms with Gasteiger partial charge in [0.15, 0.2) is 0 Å². The van der Waals surface area contributed by atoms with Crippen molar-refractivity contribution in [2.24, 2.45) is 10.7 Å². The minimum atomic E-state index is -3.68. The van der Waals surface area contributed by atoms with Crippen molar-refractivity contribution in [1.29, 1.82) is 0 Å². The first kappa shape index (κ1) is 23.9. The molecule has 34 heavy (non-hydrogen) atoms.